The molecule has 7 heteroatoms. The van der Waals surface area contributed by atoms with Gasteiger partial charge in [0.05, 0.1) is 12.7 Å². The van der Waals surface area contributed by atoms with Gasteiger partial charge in [-0.05, 0) is 45.0 Å². The van der Waals surface area contributed by atoms with E-state index < -0.39 is 0 Å². The van der Waals surface area contributed by atoms with Crippen molar-refractivity contribution < 1.29 is 9.53 Å². The molecule has 0 unspecified atom stereocenters. The molecule has 2 N–H and O–H groups in total. The van der Waals surface area contributed by atoms with Crippen LogP contribution in [0, 0.1) is 0 Å². The van der Waals surface area contributed by atoms with Gasteiger partial charge in [0.1, 0.15) is 22.8 Å². The van der Waals surface area contributed by atoms with Crippen LogP contribution in [0.3, 0.4) is 0 Å². The molecular weight excluding hydrogens is 342 g/mol. The van der Waals surface area contributed by atoms with Gasteiger partial charge >= 0.3 is 5.97 Å². The van der Waals surface area contributed by atoms with Gasteiger partial charge in [-0.15, -0.1) is 0 Å². The quantitative estimate of drug-likeness (QED) is 0.540. The van der Waals surface area contributed by atoms with Crippen molar-refractivity contribution in [3.05, 3.63) is 48.4 Å². The topological polar surface area (TPSA) is 84.3 Å². The fraction of sp³-hybridized carbons (Fsp3) is 0.250. The van der Waals surface area contributed by atoms with Gasteiger partial charge in [0.15, 0.2) is 0 Å². The summed E-state index contributed by atoms with van der Waals surface area (Å²) in [6, 6.07) is 7.38. The standard InChI is InChI=1S/C20H21N5O2/c1-20(2,3)24-18-16(14-11-22-17-13(14)6-5-8-21-17)23-15-10-12(19(26)27-4)7-9-25(15)18/h5-11,24H,1-4H3,(H,21,22). The van der Waals surface area contributed by atoms with Crippen molar-refractivity contribution in [3.8, 4) is 11.3 Å². The number of anilines is 1. The van der Waals surface area contributed by atoms with Crippen molar-refractivity contribution in [3.63, 3.8) is 0 Å². The van der Waals surface area contributed by atoms with Crippen LogP contribution in [-0.4, -0.2) is 38.0 Å². The SMILES string of the molecule is COC(=O)c1ccn2c(NC(C)(C)C)c(-c3c[nH]c4ncccc34)nc2c1. The Morgan fingerprint density at radius 1 is 1.30 bits per heavy atom. The second-order valence-electron chi connectivity index (χ2n) is 7.42. The van der Waals surface area contributed by atoms with Gasteiger partial charge in [-0.3, -0.25) is 4.40 Å². The molecule has 0 fully saturated rings. The second kappa shape index (κ2) is 6.12. The van der Waals surface area contributed by atoms with Crippen LogP contribution in [0.5, 0.6) is 0 Å². The number of pyridine rings is 2. The molecule has 0 aliphatic rings. The van der Waals surface area contributed by atoms with Gasteiger partial charge in [-0.2, -0.15) is 0 Å². The summed E-state index contributed by atoms with van der Waals surface area (Å²) in [5.74, 6) is 0.474. The Labute approximate surface area is 156 Å². The van der Waals surface area contributed by atoms with Crippen molar-refractivity contribution in [1.82, 2.24) is 19.4 Å². The first kappa shape index (κ1) is 17.1. The molecule has 0 saturated heterocycles. The number of esters is 1. The van der Waals surface area contributed by atoms with Crippen molar-refractivity contribution in [1.29, 1.82) is 0 Å². The number of hydrogen-bond acceptors (Lipinski definition) is 5. The van der Waals surface area contributed by atoms with E-state index in [0.29, 0.717) is 11.2 Å². The maximum Gasteiger partial charge on any atom is 0.338 e. The molecule has 0 atom stereocenters. The minimum atomic E-state index is -0.385. The number of H-pyrrole nitrogens is 1. The Morgan fingerprint density at radius 3 is 2.85 bits per heavy atom. The number of imidazole rings is 1. The molecule has 4 aromatic rings. The van der Waals surface area contributed by atoms with E-state index in [0.717, 1.165) is 28.1 Å². The summed E-state index contributed by atoms with van der Waals surface area (Å²) in [5, 5.41) is 4.53. The summed E-state index contributed by atoms with van der Waals surface area (Å²) in [6.07, 6.45) is 5.50. The Balaban J connectivity index is 1.97. The average molecular weight is 363 g/mol. The highest BCUT2D eigenvalue weighted by atomic mass is 16.5. The molecule has 4 rings (SSSR count). The Kier molecular flexibility index (Phi) is 3.87. The van der Waals surface area contributed by atoms with Crippen LogP contribution in [0.2, 0.25) is 0 Å². The van der Waals surface area contributed by atoms with Crippen LogP contribution in [0.4, 0.5) is 5.82 Å². The minimum absolute atomic E-state index is 0.171. The number of aromatic amines is 1. The number of carbonyl (C=O) groups is 1. The highest BCUT2D eigenvalue weighted by Crippen LogP contribution is 2.35. The van der Waals surface area contributed by atoms with Gasteiger partial charge < -0.3 is 15.0 Å². The van der Waals surface area contributed by atoms with E-state index in [1.807, 2.05) is 28.9 Å². The lowest BCUT2D eigenvalue weighted by atomic mass is 10.1. The molecule has 0 bridgehead atoms. The third kappa shape index (κ3) is 3.01. The molecular formula is C20H21N5O2. The van der Waals surface area contributed by atoms with E-state index >= 15 is 0 Å². The van der Waals surface area contributed by atoms with Crippen molar-refractivity contribution in [2.45, 2.75) is 26.3 Å². The number of hydrogen-bond donors (Lipinski definition) is 2. The van der Waals surface area contributed by atoms with Crippen LogP contribution in [0.1, 0.15) is 31.1 Å². The van der Waals surface area contributed by atoms with Gasteiger partial charge in [0.25, 0.3) is 0 Å². The van der Waals surface area contributed by atoms with E-state index in [2.05, 4.69) is 36.1 Å². The first-order chi connectivity index (χ1) is 12.9. The van der Waals surface area contributed by atoms with E-state index in [9.17, 15) is 4.79 Å². The number of fused-ring (bicyclic) bond motifs is 2. The number of carbonyl (C=O) groups excluding carboxylic acids is 1. The normalized spacial score (nSPS) is 11.9. The van der Waals surface area contributed by atoms with Crippen molar-refractivity contribution in [2.24, 2.45) is 0 Å². The monoisotopic (exact) mass is 363 g/mol. The van der Waals surface area contributed by atoms with E-state index in [1.54, 1.807) is 18.3 Å². The molecule has 0 aromatic carbocycles. The van der Waals surface area contributed by atoms with Gasteiger partial charge in [0.2, 0.25) is 0 Å². The lowest BCUT2D eigenvalue weighted by Gasteiger charge is -2.22. The predicted octanol–water partition coefficient (Wildman–Crippen LogP) is 3.87. The summed E-state index contributed by atoms with van der Waals surface area (Å²) in [6.45, 7) is 6.28. The van der Waals surface area contributed by atoms with Gasteiger partial charge in [-0.1, -0.05) is 0 Å². The lowest BCUT2D eigenvalue weighted by Crippen LogP contribution is -2.27. The number of ether oxygens (including phenoxy) is 1. The number of nitrogens with zero attached hydrogens (tertiary/aromatic N) is 3. The van der Waals surface area contributed by atoms with Crippen LogP contribution in [0.25, 0.3) is 27.9 Å². The van der Waals surface area contributed by atoms with Crippen LogP contribution in [-0.2, 0) is 4.74 Å². The largest absolute Gasteiger partial charge is 0.465 e. The van der Waals surface area contributed by atoms with E-state index in [-0.39, 0.29) is 11.5 Å². The Morgan fingerprint density at radius 2 is 2.11 bits per heavy atom. The third-order valence-corrected chi connectivity index (χ3v) is 4.25. The molecule has 0 saturated carbocycles. The van der Waals surface area contributed by atoms with Gasteiger partial charge in [0, 0.05) is 35.1 Å². The summed E-state index contributed by atoms with van der Waals surface area (Å²) in [7, 11) is 1.37. The van der Waals surface area contributed by atoms with Crippen LogP contribution in [0.15, 0.2) is 42.9 Å². The molecule has 138 valence electrons. The molecule has 4 aromatic heterocycles. The number of nitrogens with one attached hydrogen (secondary N) is 2. The molecule has 0 radical (unpaired) electrons. The van der Waals surface area contributed by atoms with Crippen molar-refractivity contribution >= 4 is 28.5 Å². The summed E-state index contributed by atoms with van der Waals surface area (Å²) >= 11 is 0. The zero-order valence-electron chi connectivity index (χ0n) is 15.7. The van der Waals surface area contributed by atoms with Crippen LogP contribution >= 0.6 is 0 Å². The minimum Gasteiger partial charge on any atom is -0.465 e. The molecule has 0 aliphatic carbocycles. The molecule has 0 spiro atoms. The summed E-state index contributed by atoms with van der Waals surface area (Å²) in [5.41, 5.74) is 3.51. The Bertz CT molecular complexity index is 1150. The highest BCUT2D eigenvalue weighted by Gasteiger charge is 2.22. The molecule has 27 heavy (non-hydrogen) atoms. The zero-order valence-corrected chi connectivity index (χ0v) is 15.7. The lowest BCUT2D eigenvalue weighted by molar-refractivity contribution is 0.0600. The first-order valence-corrected chi connectivity index (χ1v) is 8.68. The Hall–Kier alpha value is -3.35. The summed E-state index contributed by atoms with van der Waals surface area (Å²) < 4.78 is 6.77. The fourth-order valence-electron chi connectivity index (χ4n) is 3.10. The van der Waals surface area contributed by atoms with E-state index in [1.165, 1.54) is 7.11 Å². The number of aromatic nitrogens is 4. The zero-order chi connectivity index (χ0) is 19.2. The van der Waals surface area contributed by atoms with Crippen LogP contribution < -0.4 is 5.32 Å². The molecule has 4 heterocycles. The highest BCUT2D eigenvalue weighted by molar-refractivity contribution is 5.97. The maximum absolute atomic E-state index is 11.9. The smallest absolute Gasteiger partial charge is 0.338 e. The predicted molar refractivity (Wildman–Crippen MR) is 105 cm³/mol. The maximum atomic E-state index is 11.9. The third-order valence-electron chi connectivity index (χ3n) is 4.25. The first-order valence-electron chi connectivity index (χ1n) is 8.68. The van der Waals surface area contributed by atoms with Crippen molar-refractivity contribution in [2.75, 3.05) is 12.4 Å². The second-order valence-corrected chi connectivity index (χ2v) is 7.42. The fourth-order valence-corrected chi connectivity index (χ4v) is 3.10. The number of rotatable bonds is 3. The van der Waals surface area contributed by atoms with Gasteiger partial charge in [-0.25, -0.2) is 14.8 Å². The number of methoxy groups -OCH3 is 1. The molecule has 0 amide bonds. The molecule has 0 aliphatic heterocycles. The average Bonchev–Trinajstić information content (AvgIpc) is 3.21. The summed E-state index contributed by atoms with van der Waals surface area (Å²) in [4.78, 5) is 24.3. The van der Waals surface area contributed by atoms with E-state index in [4.69, 9.17) is 9.72 Å². The molecule has 7 nitrogen and oxygen atoms in total.